The molecule has 0 N–H and O–H groups in total. The van der Waals surface area contributed by atoms with E-state index in [1.54, 1.807) is 5.38 Å². The van der Waals surface area contributed by atoms with E-state index in [1.807, 2.05) is 18.4 Å². The minimum atomic E-state index is -0.275. The Balaban J connectivity index is 2.79. The molecule has 1 aromatic heterocycles. The van der Waals surface area contributed by atoms with Crippen molar-refractivity contribution in [1.29, 1.82) is 0 Å². The molecular weight excluding hydrogens is 160 g/mol. The molecule has 0 atom stereocenters. The first-order chi connectivity index (χ1) is 5.18. The summed E-state index contributed by atoms with van der Waals surface area (Å²) in [6.45, 7) is 3.36. The Morgan fingerprint density at radius 1 is 1.55 bits per heavy atom. The first-order valence-corrected chi connectivity index (χ1v) is 4.18. The smallest absolute Gasteiger partial charge is 0.308 e. The van der Waals surface area contributed by atoms with Crippen LogP contribution in [-0.2, 0) is 4.79 Å². The maximum atomic E-state index is 10.5. The zero-order chi connectivity index (χ0) is 8.27. The van der Waals surface area contributed by atoms with Crippen molar-refractivity contribution in [3.63, 3.8) is 0 Å². The summed E-state index contributed by atoms with van der Waals surface area (Å²) >= 11 is 1.52. The second kappa shape index (κ2) is 3.44. The Labute approximate surface area is 69.5 Å². The number of carbonyl (C=O) groups is 1. The summed E-state index contributed by atoms with van der Waals surface area (Å²) in [5.41, 5.74) is 1.11. The van der Waals surface area contributed by atoms with Crippen molar-refractivity contribution < 1.29 is 9.53 Å². The van der Waals surface area contributed by atoms with Gasteiger partial charge in [0.1, 0.15) is 0 Å². The van der Waals surface area contributed by atoms with E-state index in [0.29, 0.717) is 5.75 Å². The second-order valence-corrected chi connectivity index (χ2v) is 3.00. The van der Waals surface area contributed by atoms with Crippen LogP contribution in [0.5, 0.6) is 5.75 Å². The van der Waals surface area contributed by atoms with Gasteiger partial charge < -0.3 is 4.74 Å². The molecule has 1 aromatic rings. The Morgan fingerprint density at radius 3 is 2.82 bits per heavy atom. The van der Waals surface area contributed by atoms with Gasteiger partial charge in [0.25, 0.3) is 0 Å². The van der Waals surface area contributed by atoms with Crippen LogP contribution in [0.3, 0.4) is 0 Å². The number of aryl methyl sites for hydroxylation is 1. The SMILES string of the molecule is CC(=O)Oc1c[s+]cc(C)c1. The minimum Gasteiger partial charge on any atom is -0.421 e. The van der Waals surface area contributed by atoms with Crippen LogP contribution in [0.1, 0.15) is 12.5 Å². The maximum absolute atomic E-state index is 10.5. The van der Waals surface area contributed by atoms with Gasteiger partial charge in [-0.25, -0.2) is 0 Å². The number of esters is 1. The van der Waals surface area contributed by atoms with Crippen molar-refractivity contribution in [3.05, 3.63) is 22.4 Å². The van der Waals surface area contributed by atoms with Gasteiger partial charge in [-0.1, -0.05) is 0 Å². The van der Waals surface area contributed by atoms with Crippen molar-refractivity contribution in [3.8, 4) is 5.75 Å². The summed E-state index contributed by atoms with van der Waals surface area (Å²) in [6, 6.07) is 1.83. The molecule has 0 saturated heterocycles. The van der Waals surface area contributed by atoms with Gasteiger partial charge in [-0.05, 0) is 13.0 Å². The van der Waals surface area contributed by atoms with E-state index in [4.69, 9.17) is 4.74 Å². The standard InChI is InChI=1S/C8H9O2S/c1-6-3-8(5-11-4-6)10-7(2)9/h3-5H,1-2H3/q+1. The average Bonchev–Trinajstić information content (AvgIpc) is 1.85. The van der Waals surface area contributed by atoms with E-state index >= 15 is 0 Å². The van der Waals surface area contributed by atoms with E-state index in [0.717, 1.165) is 5.56 Å². The number of ether oxygens (including phenoxy) is 1. The van der Waals surface area contributed by atoms with E-state index in [-0.39, 0.29) is 5.97 Å². The second-order valence-electron chi connectivity index (χ2n) is 2.26. The van der Waals surface area contributed by atoms with Crippen LogP contribution in [0, 0.1) is 6.92 Å². The van der Waals surface area contributed by atoms with Crippen molar-refractivity contribution in [1.82, 2.24) is 0 Å². The predicted octanol–water partition coefficient (Wildman–Crippen LogP) is 2.26. The summed E-state index contributed by atoms with van der Waals surface area (Å²) in [5, 5.41) is 3.79. The van der Waals surface area contributed by atoms with E-state index < -0.39 is 0 Å². The molecule has 0 saturated carbocycles. The third-order valence-electron chi connectivity index (χ3n) is 1.07. The lowest BCUT2D eigenvalue weighted by molar-refractivity contribution is -0.131. The molecule has 1 heterocycles. The van der Waals surface area contributed by atoms with Gasteiger partial charge in [0.05, 0.1) is 0 Å². The third kappa shape index (κ3) is 2.63. The summed E-state index contributed by atoms with van der Waals surface area (Å²) in [7, 11) is 0. The van der Waals surface area contributed by atoms with E-state index in [1.165, 1.54) is 18.3 Å². The largest absolute Gasteiger partial charge is 0.421 e. The monoisotopic (exact) mass is 169 g/mol. The normalized spacial score (nSPS) is 9.27. The van der Waals surface area contributed by atoms with Gasteiger partial charge in [-0.3, -0.25) is 4.79 Å². The molecule has 11 heavy (non-hydrogen) atoms. The Kier molecular flexibility index (Phi) is 2.54. The molecule has 3 heteroatoms. The van der Waals surface area contributed by atoms with Crippen LogP contribution in [0.15, 0.2) is 16.8 Å². The molecule has 0 amide bonds. The summed E-state index contributed by atoms with van der Waals surface area (Å²) < 4.78 is 4.87. The van der Waals surface area contributed by atoms with Crippen LogP contribution in [0.2, 0.25) is 0 Å². The first kappa shape index (κ1) is 8.14. The van der Waals surface area contributed by atoms with Crippen molar-refractivity contribution in [2.24, 2.45) is 0 Å². The molecule has 0 bridgehead atoms. The molecular formula is C8H9O2S+. The van der Waals surface area contributed by atoms with Gasteiger partial charge in [-0.2, -0.15) is 0 Å². The van der Waals surface area contributed by atoms with Crippen molar-refractivity contribution in [2.75, 3.05) is 0 Å². The summed E-state index contributed by atoms with van der Waals surface area (Å²) in [5.74, 6) is 0.352. The van der Waals surface area contributed by atoms with E-state index in [2.05, 4.69) is 0 Å². The summed E-state index contributed by atoms with van der Waals surface area (Å²) in [4.78, 5) is 10.5. The van der Waals surface area contributed by atoms with Crippen LogP contribution in [0.25, 0.3) is 0 Å². The van der Waals surface area contributed by atoms with E-state index in [9.17, 15) is 4.79 Å². The van der Waals surface area contributed by atoms with Crippen molar-refractivity contribution >= 4 is 17.3 Å². The molecule has 2 nitrogen and oxygen atoms in total. The highest BCUT2D eigenvalue weighted by Gasteiger charge is 2.03. The van der Waals surface area contributed by atoms with Crippen LogP contribution < -0.4 is 4.74 Å². The lowest BCUT2D eigenvalue weighted by atomic mass is 10.3. The fraction of sp³-hybridized carbons (Fsp3) is 0.250. The highest BCUT2D eigenvalue weighted by Crippen LogP contribution is 2.15. The molecule has 0 radical (unpaired) electrons. The molecule has 0 unspecified atom stereocenters. The predicted molar refractivity (Wildman–Crippen MR) is 44.8 cm³/mol. The van der Waals surface area contributed by atoms with Crippen LogP contribution in [-0.4, -0.2) is 5.97 Å². The van der Waals surface area contributed by atoms with Gasteiger partial charge in [0.2, 0.25) is 16.7 Å². The number of hydrogen-bond donors (Lipinski definition) is 0. The van der Waals surface area contributed by atoms with Gasteiger partial charge in [-0.15, -0.1) is 0 Å². The first-order valence-electron chi connectivity index (χ1n) is 3.24. The highest BCUT2D eigenvalue weighted by atomic mass is 32.1. The van der Waals surface area contributed by atoms with Gasteiger partial charge in [0, 0.05) is 12.5 Å². The topological polar surface area (TPSA) is 26.3 Å². The van der Waals surface area contributed by atoms with Crippen LogP contribution >= 0.6 is 11.3 Å². The highest BCUT2D eigenvalue weighted by molar-refractivity contribution is 7.07. The zero-order valence-corrected chi connectivity index (χ0v) is 7.27. The molecule has 0 aliphatic carbocycles. The van der Waals surface area contributed by atoms with Gasteiger partial charge in [0.15, 0.2) is 11.1 Å². The number of carbonyl (C=O) groups excluding carboxylic acids is 1. The molecule has 0 spiro atoms. The maximum Gasteiger partial charge on any atom is 0.308 e. The fourth-order valence-electron chi connectivity index (χ4n) is 0.720. The molecule has 0 aliphatic heterocycles. The summed E-state index contributed by atoms with van der Waals surface area (Å²) in [6.07, 6.45) is 0. The molecule has 58 valence electrons. The molecule has 1 rings (SSSR count). The number of hydrogen-bond acceptors (Lipinski definition) is 2. The molecule has 0 aliphatic rings. The minimum absolute atomic E-state index is 0.275. The zero-order valence-electron chi connectivity index (χ0n) is 6.46. The lowest BCUT2D eigenvalue weighted by Crippen LogP contribution is -2.00. The quantitative estimate of drug-likeness (QED) is 0.476. The van der Waals surface area contributed by atoms with Gasteiger partial charge >= 0.3 is 5.97 Å². The van der Waals surface area contributed by atoms with Crippen LogP contribution in [0.4, 0.5) is 0 Å². The average molecular weight is 169 g/mol. The van der Waals surface area contributed by atoms with Crippen molar-refractivity contribution in [2.45, 2.75) is 13.8 Å². The third-order valence-corrected chi connectivity index (χ3v) is 1.95. The fourth-order valence-corrected chi connectivity index (χ4v) is 1.32. The Bertz CT molecular complexity index is 271. The molecule has 0 fully saturated rings. The number of rotatable bonds is 1. The molecule has 0 aromatic carbocycles. The Hall–Kier alpha value is -0.960. The lowest BCUT2D eigenvalue weighted by Gasteiger charge is -1.94. The Morgan fingerprint density at radius 2 is 2.27 bits per heavy atom.